The van der Waals surface area contributed by atoms with Crippen molar-refractivity contribution >= 4 is 40.3 Å². The van der Waals surface area contributed by atoms with E-state index in [1.165, 1.54) is 25.0 Å². The van der Waals surface area contributed by atoms with E-state index in [9.17, 15) is 19.2 Å². The van der Waals surface area contributed by atoms with Gasteiger partial charge in [0.15, 0.2) is 0 Å². The van der Waals surface area contributed by atoms with Gasteiger partial charge in [-0.25, -0.2) is 4.98 Å². The van der Waals surface area contributed by atoms with Crippen LogP contribution in [0.5, 0.6) is 0 Å². The first-order chi connectivity index (χ1) is 24.2. The van der Waals surface area contributed by atoms with Crippen LogP contribution >= 0.6 is 0 Å². The number of carbonyl (C=O) groups is 4. The van der Waals surface area contributed by atoms with Crippen LogP contribution < -0.4 is 10.6 Å². The number of carbonyl (C=O) groups excluding carboxylic acids is 4. The Labute approximate surface area is 290 Å². The van der Waals surface area contributed by atoms with Crippen molar-refractivity contribution < 1.29 is 19.2 Å². The highest BCUT2D eigenvalue weighted by Crippen LogP contribution is 2.58. The number of nitrogens with one attached hydrogen (secondary N) is 3. The molecule has 1 aliphatic carbocycles. The molecular formula is C39H39N7O4. The van der Waals surface area contributed by atoms with Crippen molar-refractivity contribution in [3.05, 3.63) is 88.5 Å². The summed E-state index contributed by atoms with van der Waals surface area (Å²) in [6.45, 7) is 1.47. The van der Waals surface area contributed by atoms with Crippen molar-refractivity contribution in [3.8, 4) is 11.8 Å². The van der Waals surface area contributed by atoms with Crippen molar-refractivity contribution in [2.45, 2.75) is 76.4 Å². The molecule has 6 heterocycles. The molecule has 2 atom stereocenters. The highest BCUT2D eigenvalue weighted by molar-refractivity contribution is 6.06. The molecule has 4 amide bonds. The number of anilines is 1. The van der Waals surface area contributed by atoms with Crippen LogP contribution in [0.15, 0.2) is 54.9 Å². The number of unbranched alkanes of at least 4 members (excludes halogenated alkanes) is 2. The number of rotatable bonds is 8. The molecular weight excluding hydrogens is 630 g/mol. The van der Waals surface area contributed by atoms with Crippen LogP contribution in [-0.4, -0.2) is 68.0 Å². The second-order valence-electron chi connectivity index (χ2n) is 14.2. The van der Waals surface area contributed by atoms with Crippen LogP contribution in [0.2, 0.25) is 0 Å². The topological polar surface area (TPSA) is 140 Å². The molecule has 0 radical (unpaired) electrons. The number of fused-ring (bicyclic) bond motifs is 2. The average molecular weight is 670 g/mol. The third-order valence-electron chi connectivity index (χ3n) is 10.7. The number of hydrogen-bond donors (Lipinski definition) is 3. The van der Waals surface area contributed by atoms with E-state index in [-0.39, 0.29) is 24.1 Å². The lowest BCUT2D eigenvalue weighted by atomic mass is 10.0. The van der Waals surface area contributed by atoms with Crippen LogP contribution in [0.3, 0.4) is 0 Å². The van der Waals surface area contributed by atoms with Gasteiger partial charge < -0.3 is 15.2 Å². The van der Waals surface area contributed by atoms with Gasteiger partial charge in [0.2, 0.25) is 11.8 Å². The summed E-state index contributed by atoms with van der Waals surface area (Å²) in [5.41, 5.74) is 6.26. The maximum atomic E-state index is 13.1. The van der Waals surface area contributed by atoms with Crippen molar-refractivity contribution in [1.82, 2.24) is 30.1 Å². The number of aromatic amines is 1. The quantitative estimate of drug-likeness (QED) is 0.138. The Morgan fingerprint density at radius 3 is 2.72 bits per heavy atom. The zero-order valence-corrected chi connectivity index (χ0v) is 28.1. The SMILES string of the molecule is CN1CC2(CC2)C[C@@H]1c1cc2cnc(NC(=O)c3ccc(CCCCC#Cc4cccc5c4CN(C4CCC(=O)NC4=O)C5=O)nc3)cc2[nH]1. The Kier molecular flexibility index (Phi) is 8.19. The van der Waals surface area contributed by atoms with Crippen molar-refractivity contribution in [2.75, 3.05) is 18.9 Å². The lowest BCUT2D eigenvalue weighted by Gasteiger charge is -2.29. The first-order valence-corrected chi connectivity index (χ1v) is 17.5. The summed E-state index contributed by atoms with van der Waals surface area (Å²) < 4.78 is 0. The fraction of sp³-hybridized carbons (Fsp3) is 0.385. The van der Waals surface area contributed by atoms with E-state index in [4.69, 9.17) is 0 Å². The van der Waals surface area contributed by atoms with Gasteiger partial charge in [-0.15, -0.1) is 0 Å². The lowest BCUT2D eigenvalue weighted by Crippen LogP contribution is -2.52. The molecule has 11 heteroatoms. The third-order valence-corrected chi connectivity index (χ3v) is 10.7. The zero-order valence-electron chi connectivity index (χ0n) is 28.1. The monoisotopic (exact) mass is 669 g/mol. The second kappa shape index (κ2) is 12.8. The molecule has 1 aromatic carbocycles. The van der Waals surface area contributed by atoms with Gasteiger partial charge in [-0.2, -0.15) is 0 Å². The predicted octanol–water partition coefficient (Wildman–Crippen LogP) is 4.89. The van der Waals surface area contributed by atoms with E-state index in [1.54, 1.807) is 23.2 Å². The molecule has 1 saturated carbocycles. The third kappa shape index (κ3) is 6.27. The molecule has 11 nitrogen and oxygen atoms in total. The first kappa shape index (κ1) is 31.9. The van der Waals surface area contributed by atoms with E-state index in [0.29, 0.717) is 47.8 Å². The molecule has 8 rings (SSSR count). The van der Waals surface area contributed by atoms with Gasteiger partial charge in [0.05, 0.1) is 17.1 Å². The number of amides is 4. The largest absolute Gasteiger partial charge is 0.357 e. The number of aryl methyl sites for hydroxylation is 1. The van der Waals surface area contributed by atoms with E-state index in [2.05, 4.69) is 55.4 Å². The lowest BCUT2D eigenvalue weighted by molar-refractivity contribution is -0.136. The molecule has 4 aliphatic rings. The summed E-state index contributed by atoms with van der Waals surface area (Å²) >= 11 is 0. The van der Waals surface area contributed by atoms with Gasteiger partial charge >= 0.3 is 0 Å². The number of benzene rings is 1. The number of pyridine rings is 2. The highest BCUT2D eigenvalue weighted by Gasteiger charge is 2.51. The molecule has 4 aromatic rings. The van der Waals surface area contributed by atoms with Gasteiger partial charge in [0.1, 0.15) is 11.9 Å². The van der Waals surface area contributed by atoms with Crippen LogP contribution in [0, 0.1) is 17.3 Å². The molecule has 254 valence electrons. The van der Waals surface area contributed by atoms with Gasteiger partial charge in [-0.05, 0) is 93.3 Å². The van der Waals surface area contributed by atoms with E-state index in [0.717, 1.165) is 53.5 Å². The standard InChI is InChI=1S/C39H39N7O4/c1-45-23-39(15-16-39)19-33(45)31-17-26-21-41-34(18-30(26)42-31)43-36(48)25-11-12-27(40-20-25)9-5-3-2-4-7-24-8-6-10-28-29(24)22-46(38(28)50)32-13-14-35(47)44-37(32)49/h6,8,10-12,17-18,20-21,32-33,42H,2-3,5,9,13-16,19,22-23H2,1H3,(H,41,43,48)(H,44,47,49)/t32?,33-/m1/s1. The number of imide groups is 1. The van der Waals surface area contributed by atoms with Crippen molar-refractivity contribution in [2.24, 2.45) is 5.41 Å². The van der Waals surface area contributed by atoms with Crippen molar-refractivity contribution in [3.63, 3.8) is 0 Å². The Morgan fingerprint density at radius 1 is 1.06 bits per heavy atom. The molecule has 1 spiro atoms. The minimum atomic E-state index is -0.644. The fourth-order valence-corrected chi connectivity index (χ4v) is 7.73. The maximum Gasteiger partial charge on any atom is 0.258 e. The second-order valence-corrected chi connectivity index (χ2v) is 14.2. The Bertz CT molecular complexity index is 2090. The predicted molar refractivity (Wildman–Crippen MR) is 187 cm³/mol. The zero-order chi connectivity index (χ0) is 34.4. The number of piperidine rings is 1. The summed E-state index contributed by atoms with van der Waals surface area (Å²) in [4.78, 5) is 66.5. The maximum absolute atomic E-state index is 13.1. The summed E-state index contributed by atoms with van der Waals surface area (Å²) in [5.74, 6) is 5.79. The molecule has 2 saturated heterocycles. The molecule has 3 aromatic heterocycles. The Morgan fingerprint density at radius 2 is 1.94 bits per heavy atom. The van der Waals surface area contributed by atoms with E-state index in [1.807, 2.05) is 30.5 Å². The fourth-order valence-electron chi connectivity index (χ4n) is 7.73. The summed E-state index contributed by atoms with van der Waals surface area (Å²) in [6.07, 6.45) is 11.0. The molecule has 3 N–H and O–H groups in total. The number of nitrogens with zero attached hydrogens (tertiary/aromatic N) is 4. The Balaban J connectivity index is 0.813. The highest BCUT2D eigenvalue weighted by atomic mass is 16.2. The van der Waals surface area contributed by atoms with Crippen LogP contribution in [0.1, 0.15) is 101 Å². The molecule has 0 bridgehead atoms. The Hall–Kier alpha value is -5.34. The number of likely N-dealkylation sites (tertiary alicyclic amines) is 1. The van der Waals surface area contributed by atoms with Gasteiger partial charge in [-0.1, -0.05) is 17.9 Å². The normalized spacial score (nSPS) is 20.9. The summed E-state index contributed by atoms with van der Waals surface area (Å²) in [6, 6.07) is 13.0. The molecule has 50 heavy (non-hydrogen) atoms. The number of aromatic nitrogens is 3. The van der Waals surface area contributed by atoms with E-state index < -0.39 is 11.9 Å². The van der Waals surface area contributed by atoms with Crippen LogP contribution in [-0.2, 0) is 22.6 Å². The van der Waals surface area contributed by atoms with Crippen LogP contribution in [0.4, 0.5) is 5.82 Å². The average Bonchev–Trinajstić information content (AvgIpc) is 3.41. The van der Waals surface area contributed by atoms with Crippen LogP contribution in [0.25, 0.3) is 10.9 Å². The number of hydrogen-bond acceptors (Lipinski definition) is 7. The smallest absolute Gasteiger partial charge is 0.258 e. The first-order valence-electron chi connectivity index (χ1n) is 17.5. The van der Waals surface area contributed by atoms with Gasteiger partial charge in [0, 0.05) is 72.3 Å². The van der Waals surface area contributed by atoms with Gasteiger partial charge in [-0.3, -0.25) is 34.4 Å². The molecule has 3 aliphatic heterocycles. The number of H-pyrrole nitrogens is 1. The molecule has 3 fully saturated rings. The molecule has 1 unspecified atom stereocenters. The van der Waals surface area contributed by atoms with Crippen molar-refractivity contribution in [1.29, 1.82) is 0 Å². The minimum absolute atomic E-state index is 0.198. The minimum Gasteiger partial charge on any atom is -0.357 e. The summed E-state index contributed by atoms with van der Waals surface area (Å²) in [5, 5.41) is 6.29. The summed E-state index contributed by atoms with van der Waals surface area (Å²) in [7, 11) is 2.20. The van der Waals surface area contributed by atoms with Gasteiger partial charge in [0.25, 0.3) is 11.8 Å². The van der Waals surface area contributed by atoms with E-state index >= 15 is 0 Å².